The van der Waals surface area contributed by atoms with Crippen LogP contribution in [0.1, 0.15) is 26.3 Å². The first-order valence-corrected chi connectivity index (χ1v) is 8.98. The minimum absolute atomic E-state index is 0.0763. The Balaban J connectivity index is 2.82. The minimum atomic E-state index is -3.26. The molecule has 0 aliphatic heterocycles. The SMILES string of the molecule is Cc1ccc(S(=O)CCS(=O)(=O)C(C)(C)C)c(N)c1. The molecule has 1 unspecified atom stereocenters. The molecule has 4 nitrogen and oxygen atoms in total. The van der Waals surface area contributed by atoms with Crippen LogP contribution in [-0.4, -0.2) is 28.9 Å². The summed E-state index contributed by atoms with van der Waals surface area (Å²) >= 11 is 0. The van der Waals surface area contributed by atoms with E-state index in [4.69, 9.17) is 5.73 Å². The molecular weight excluding hydrogens is 282 g/mol. The summed E-state index contributed by atoms with van der Waals surface area (Å²) in [5.41, 5.74) is 7.24. The molecule has 19 heavy (non-hydrogen) atoms. The van der Waals surface area contributed by atoms with E-state index in [0.717, 1.165) is 5.56 Å². The standard InChI is InChI=1S/C13H21NO3S2/c1-10-5-6-12(11(14)9-10)18(15)7-8-19(16,17)13(2,3)4/h5-6,9H,7-8,14H2,1-4H3. The summed E-state index contributed by atoms with van der Waals surface area (Å²) in [5.74, 6) is -0.0245. The predicted octanol–water partition coefficient (Wildman–Crippen LogP) is 1.90. The molecule has 0 aliphatic carbocycles. The van der Waals surface area contributed by atoms with Crippen molar-refractivity contribution in [2.75, 3.05) is 17.2 Å². The van der Waals surface area contributed by atoms with E-state index in [1.165, 1.54) is 0 Å². The van der Waals surface area contributed by atoms with Crippen LogP contribution in [0.25, 0.3) is 0 Å². The van der Waals surface area contributed by atoms with Crippen molar-refractivity contribution in [3.05, 3.63) is 23.8 Å². The van der Waals surface area contributed by atoms with Gasteiger partial charge in [0.2, 0.25) is 0 Å². The number of benzene rings is 1. The van der Waals surface area contributed by atoms with Gasteiger partial charge < -0.3 is 5.73 Å². The molecule has 0 aromatic heterocycles. The predicted molar refractivity (Wildman–Crippen MR) is 80.4 cm³/mol. The van der Waals surface area contributed by atoms with Crippen LogP contribution in [0.2, 0.25) is 0 Å². The lowest BCUT2D eigenvalue weighted by atomic mass is 10.2. The molecule has 0 aliphatic rings. The Bertz CT molecular complexity index is 586. The first-order chi connectivity index (χ1) is 8.54. The molecule has 0 saturated heterocycles. The van der Waals surface area contributed by atoms with Crippen LogP contribution >= 0.6 is 0 Å². The summed E-state index contributed by atoms with van der Waals surface area (Å²) in [6, 6.07) is 5.26. The molecule has 2 N–H and O–H groups in total. The van der Waals surface area contributed by atoms with Crippen LogP contribution < -0.4 is 5.73 Å². The highest BCUT2D eigenvalue weighted by atomic mass is 32.2. The highest BCUT2D eigenvalue weighted by Gasteiger charge is 2.29. The maximum absolute atomic E-state index is 12.1. The number of hydrogen-bond acceptors (Lipinski definition) is 4. The monoisotopic (exact) mass is 303 g/mol. The van der Waals surface area contributed by atoms with Gasteiger partial charge in [0.15, 0.2) is 9.84 Å². The lowest BCUT2D eigenvalue weighted by molar-refractivity contribution is 0.561. The van der Waals surface area contributed by atoms with Crippen molar-refractivity contribution in [3.63, 3.8) is 0 Å². The molecule has 6 heteroatoms. The summed E-state index contributed by atoms with van der Waals surface area (Å²) in [4.78, 5) is 0.509. The zero-order valence-electron chi connectivity index (χ0n) is 11.8. The maximum atomic E-state index is 12.1. The topological polar surface area (TPSA) is 77.2 Å². The van der Waals surface area contributed by atoms with Crippen LogP contribution in [0.3, 0.4) is 0 Å². The molecule has 1 atom stereocenters. The van der Waals surface area contributed by atoms with Crippen molar-refractivity contribution >= 4 is 26.3 Å². The number of anilines is 1. The number of aryl methyl sites for hydroxylation is 1. The summed E-state index contributed by atoms with van der Waals surface area (Å²) in [7, 11) is -4.64. The molecule has 0 saturated carbocycles. The summed E-state index contributed by atoms with van der Waals surface area (Å²) < 4.78 is 35.2. The quantitative estimate of drug-likeness (QED) is 0.862. The first kappa shape index (κ1) is 16.2. The van der Waals surface area contributed by atoms with Crippen molar-refractivity contribution in [2.24, 2.45) is 0 Å². The van der Waals surface area contributed by atoms with Crippen LogP contribution in [-0.2, 0) is 20.6 Å². The van der Waals surface area contributed by atoms with Gasteiger partial charge in [-0.15, -0.1) is 0 Å². The van der Waals surface area contributed by atoms with Gasteiger partial charge in [-0.25, -0.2) is 8.42 Å². The van der Waals surface area contributed by atoms with Gasteiger partial charge in [-0.2, -0.15) is 0 Å². The molecule has 0 heterocycles. The van der Waals surface area contributed by atoms with E-state index in [1.54, 1.807) is 32.9 Å². The Labute approximate surface area is 117 Å². The smallest absolute Gasteiger partial charge is 0.156 e. The molecule has 0 spiro atoms. The third kappa shape index (κ3) is 4.04. The Morgan fingerprint density at radius 2 is 1.84 bits per heavy atom. The van der Waals surface area contributed by atoms with Crippen molar-refractivity contribution in [3.8, 4) is 0 Å². The van der Waals surface area contributed by atoms with E-state index < -0.39 is 25.4 Å². The van der Waals surface area contributed by atoms with Crippen molar-refractivity contribution in [1.29, 1.82) is 0 Å². The normalized spacial score (nSPS) is 14.3. The van der Waals surface area contributed by atoms with Gasteiger partial charge in [-0.05, 0) is 45.4 Å². The van der Waals surface area contributed by atoms with Crippen LogP contribution in [0, 0.1) is 6.92 Å². The van der Waals surface area contributed by atoms with Crippen molar-refractivity contribution < 1.29 is 12.6 Å². The number of sulfone groups is 1. The molecule has 108 valence electrons. The second kappa shape index (κ2) is 5.63. The van der Waals surface area contributed by atoms with Gasteiger partial charge >= 0.3 is 0 Å². The second-order valence-corrected chi connectivity index (χ2v) is 9.92. The van der Waals surface area contributed by atoms with Gasteiger partial charge in [-0.1, -0.05) is 6.07 Å². The summed E-state index contributed by atoms with van der Waals surface area (Å²) in [6.07, 6.45) is 0. The second-order valence-electron chi connectivity index (χ2n) is 5.52. The molecule has 1 aromatic rings. The molecular formula is C13H21NO3S2. The van der Waals surface area contributed by atoms with Gasteiger partial charge in [0.05, 0.1) is 26.2 Å². The molecule has 0 bridgehead atoms. The minimum Gasteiger partial charge on any atom is -0.398 e. The average molecular weight is 303 g/mol. The number of nitrogens with two attached hydrogens (primary N) is 1. The highest BCUT2D eigenvalue weighted by Crippen LogP contribution is 2.20. The lowest BCUT2D eigenvalue weighted by Crippen LogP contribution is -2.32. The largest absolute Gasteiger partial charge is 0.398 e. The van der Waals surface area contributed by atoms with E-state index >= 15 is 0 Å². The highest BCUT2D eigenvalue weighted by molar-refractivity contribution is 7.94. The summed E-state index contributed by atoms with van der Waals surface area (Å²) in [6.45, 7) is 6.83. The van der Waals surface area contributed by atoms with E-state index in [-0.39, 0.29) is 11.5 Å². The molecule has 0 fully saturated rings. The summed E-state index contributed by atoms with van der Waals surface area (Å²) in [5, 5.41) is 0. The van der Waals surface area contributed by atoms with E-state index in [2.05, 4.69) is 0 Å². The number of nitrogen functional groups attached to an aromatic ring is 1. The number of hydrogen-bond donors (Lipinski definition) is 1. The number of rotatable bonds is 4. The van der Waals surface area contributed by atoms with E-state index in [1.807, 2.05) is 13.0 Å². The van der Waals surface area contributed by atoms with Crippen molar-refractivity contribution in [1.82, 2.24) is 0 Å². The zero-order valence-corrected chi connectivity index (χ0v) is 13.4. The van der Waals surface area contributed by atoms with E-state index in [9.17, 15) is 12.6 Å². The molecule has 1 aromatic carbocycles. The first-order valence-electron chi connectivity index (χ1n) is 6.01. The maximum Gasteiger partial charge on any atom is 0.156 e. The third-order valence-electron chi connectivity index (χ3n) is 2.88. The van der Waals surface area contributed by atoms with Gasteiger partial charge in [0.1, 0.15) is 0 Å². The van der Waals surface area contributed by atoms with Gasteiger partial charge in [0, 0.05) is 11.4 Å². The Hall–Kier alpha value is -0.880. The Morgan fingerprint density at radius 1 is 1.26 bits per heavy atom. The fraction of sp³-hybridized carbons (Fsp3) is 0.538. The average Bonchev–Trinajstić information content (AvgIpc) is 2.24. The zero-order chi connectivity index (χ0) is 14.8. The van der Waals surface area contributed by atoms with E-state index in [0.29, 0.717) is 10.6 Å². The molecule has 0 radical (unpaired) electrons. The fourth-order valence-electron chi connectivity index (χ4n) is 1.48. The van der Waals surface area contributed by atoms with Crippen molar-refractivity contribution in [2.45, 2.75) is 37.3 Å². The fourth-order valence-corrected chi connectivity index (χ4v) is 4.33. The van der Waals surface area contributed by atoms with Crippen LogP contribution in [0.15, 0.2) is 23.1 Å². The van der Waals surface area contributed by atoms with Crippen LogP contribution in [0.4, 0.5) is 5.69 Å². The Kier molecular flexibility index (Phi) is 4.79. The van der Waals surface area contributed by atoms with Gasteiger partial charge in [0.25, 0.3) is 0 Å². The van der Waals surface area contributed by atoms with Crippen LogP contribution in [0.5, 0.6) is 0 Å². The molecule has 0 amide bonds. The third-order valence-corrected chi connectivity index (χ3v) is 7.18. The Morgan fingerprint density at radius 3 is 2.32 bits per heavy atom. The van der Waals surface area contributed by atoms with Gasteiger partial charge in [-0.3, -0.25) is 4.21 Å². The lowest BCUT2D eigenvalue weighted by Gasteiger charge is -2.18. The molecule has 1 rings (SSSR count).